The van der Waals surface area contributed by atoms with Crippen LogP contribution in [0.25, 0.3) is 0 Å². The molecule has 0 aliphatic carbocycles. The van der Waals surface area contributed by atoms with E-state index in [0.29, 0.717) is 29.3 Å². The molecule has 7 nitrogen and oxygen atoms in total. The van der Waals surface area contributed by atoms with Crippen molar-refractivity contribution in [1.29, 1.82) is 0 Å². The van der Waals surface area contributed by atoms with Crippen LogP contribution in [0.4, 0.5) is 5.69 Å². The van der Waals surface area contributed by atoms with Crippen LogP contribution in [0.2, 0.25) is 0 Å². The van der Waals surface area contributed by atoms with E-state index in [-0.39, 0.29) is 10.6 Å². The molecule has 8 heteroatoms. The number of hydrogen-bond donors (Lipinski definition) is 3. The molecule has 136 valence electrons. The van der Waals surface area contributed by atoms with Crippen LogP contribution >= 0.6 is 0 Å². The summed E-state index contributed by atoms with van der Waals surface area (Å²) in [6.07, 6.45) is 3.06. The van der Waals surface area contributed by atoms with Crippen LogP contribution in [0.15, 0.2) is 52.4 Å². The van der Waals surface area contributed by atoms with Crippen molar-refractivity contribution in [1.82, 2.24) is 4.72 Å². The molecule has 3 rings (SSSR count). The molecule has 0 atom stereocenters. The third-order valence-corrected chi connectivity index (χ3v) is 5.30. The molecule has 2 aromatic rings. The number of hydrogen-bond acceptors (Lipinski definition) is 5. The molecule has 0 aromatic heterocycles. The van der Waals surface area contributed by atoms with Gasteiger partial charge in [-0.2, -0.15) is 13.1 Å². The number of phenols is 1. The second kappa shape index (κ2) is 7.57. The lowest BCUT2D eigenvalue weighted by atomic mass is 10.2. The van der Waals surface area contributed by atoms with Crippen molar-refractivity contribution in [3.05, 3.63) is 48.0 Å². The Hall–Kier alpha value is -2.87. The molecule has 3 N–H and O–H groups in total. The number of nitrogens with one attached hydrogen (secondary N) is 2. The highest BCUT2D eigenvalue weighted by Gasteiger charge is 2.24. The zero-order valence-electron chi connectivity index (χ0n) is 14.3. The van der Waals surface area contributed by atoms with Crippen molar-refractivity contribution < 1.29 is 23.3 Å². The Balaban J connectivity index is 1.83. The standard InChI is InChI=1S/C18H19N3O4S/c1-25-15-7-8-17(22)13(10-15)12-20-14-4-2-5-16(11-14)26(23,24)21-18-6-3-9-19-18/h2,4-5,7-8,10-12,22H,3,6,9H2,1H3,(H,19,21)/p+1. The summed E-state index contributed by atoms with van der Waals surface area (Å²) in [5.41, 5.74) is 0.931. The third kappa shape index (κ3) is 4.20. The van der Waals surface area contributed by atoms with Gasteiger partial charge in [-0.05, 0) is 42.8 Å². The zero-order valence-corrected chi connectivity index (χ0v) is 15.1. The molecule has 1 aliphatic rings. The van der Waals surface area contributed by atoms with Gasteiger partial charge in [0.1, 0.15) is 16.4 Å². The van der Waals surface area contributed by atoms with E-state index in [1.54, 1.807) is 24.3 Å². The number of benzene rings is 2. The Morgan fingerprint density at radius 3 is 2.85 bits per heavy atom. The number of aliphatic imine (C=N–C) groups is 1. The molecule has 0 fully saturated rings. The number of methoxy groups -OCH3 is 1. The van der Waals surface area contributed by atoms with E-state index in [1.807, 2.05) is 0 Å². The van der Waals surface area contributed by atoms with Crippen LogP contribution in [-0.2, 0) is 10.0 Å². The van der Waals surface area contributed by atoms with Gasteiger partial charge in [0.2, 0.25) is 0 Å². The molecular formula is C18H20N3O4S+. The van der Waals surface area contributed by atoms with E-state index in [2.05, 4.69) is 14.7 Å². The van der Waals surface area contributed by atoms with E-state index < -0.39 is 10.0 Å². The Labute approximate surface area is 152 Å². The summed E-state index contributed by atoms with van der Waals surface area (Å²) in [5.74, 6) is 1.26. The van der Waals surface area contributed by atoms with Crippen LogP contribution in [-0.4, -0.2) is 39.2 Å². The van der Waals surface area contributed by atoms with Gasteiger partial charge >= 0.3 is 10.0 Å². The van der Waals surface area contributed by atoms with Crippen molar-refractivity contribution in [3.63, 3.8) is 0 Å². The Morgan fingerprint density at radius 1 is 1.27 bits per heavy atom. The molecule has 0 unspecified atom stereocenters. The van der Waals surface area contributed by atoms with Gasteiger partial charge < -0.3 is 9.84 Å². The lowest BCUT2D eigenvalue weighted by Gasteiger charge is -2.04. The van der Waals surface area contributed by atoms with Crippen LogP contribution in [0, 0.1) is 0 Å². The SMILES string of the molecule is COc1ccc(O)c(C=Nc2cccc(S(=O)(=O)NC3=[NH+]CCC3)c2)c1. The van der Waals surface area contributed by atoms with Crippen LogP contribution in [0.3, 0.4) is 0 Å². The van der Waals surface area contributed by atoms with Gasteiger partial charge in [0, 0.05) is 11.8 Å². The van der Waals surface area contributed by atoms with Gasteiger partial charge in [0.25, 0.3) is 5.84 Å². The molecule has 0 bridgehead atoms. The first-order valence-electron chi connectivity index (χ1n) is 8.11. The summed E-state index contributed by atoms with van der Waals surface area (Å²) in [6.45, 7) is 0.770. The smallest absolute Gasteiger partial charge is 0.328 e. The fraction of sp³-hybridized carbons (Fsp3) is 0.222. The zero-order chi connectivity index (χ0) is 18.6. The summed E-state index contributed by atoms with van der Waals surface area (Å²) in [5, 5.41) is 9.89. The molecule has 0 spiro atoms. The molecule has 2 aromatic carbocycles. The van der Waals surface area contributed by atoms with Crippen LogP contribution in [0.1, 0.15) is 18.4 Å². The molecule has 26 heavy (non-hydrogen) atoms. The van der Waals surface area contributed by atoms with Gasteiger partial charge in [0.15, 0.2) is 0 Å². The van der Waals surface area contributed by atoms with Gasteiger partial charge in [-0.1, -0.05) is 6.07 Å². The minimum atomic E-state index is -3.66. The molecular weight excluding hydrogens is 354 g/mol. The summed E-state index contributed by atoms with van der Waals surface area (Å²) < 4.78 is 32.6. The third-order valence-electron chi connectivity index (χ3n) is 3.91. The quantitative estimate of drug-likeness (QED) is 0.671. The number of sulfonamides is 1. The van der Waals surface area contributed by atoms with Gasteiger partial charge in [-0.15, -0.1) is 0 Å². The Kier molecular flexibility index (Phi) is 5.22. The first-order chi connectivity index (χ1) is 12.5. The average Bonchev–Trinajstić information content (AvgIpc) is 3.13. The summed E-state index contributed by atoms with van der Waals surface area (Å²) >= 11 is 0. The predicted octanol–water partition coefficient (Wildman–Crippen LogP) is 0.703. The Morgan fingerprint density at radius 2 is 2.12 bits per heavy atom. The predicted molar refractivity (Wildman–Crippen MR) is 98.7 cm³/mol. The summed E-state index contributed by atoms with van der Waals surface area (Å²) in [4.78, 5) is 7.41. The largest absolute Gasteiger partial charge is 0.507 e. The number of nitrogens with zero attached hydrogens (tertiary/aromatic N) is 1. The number of ether oxygens (including phenoxy) is 1. The van der Waals surface area contributed by atoms with E-state index >= 15 is 0 Å². The molecule has 0 saturated carbocycles. The number of rotatable bonds is 5. The first kappa shape index (κ1) is 17.9. The average molecular weight is 374 g/mol. The van der Waals surface area contributed by atoms with Crippen LogP contribution < -0.4 is 14.5 Å². The van der Waals surface area contributed by atoms with Gasteiger partial charge in [-0.25, -0.2) is 0 Å². The van der Waals surface area contributed by atoms with Gasteiger partial charge in [-0.3, -0.25) is 9.98 Å². The van der Waals surface area contributed by atoms with E-state index in [0.717, 1.165) is 13.0 Å². The number of amidine groups is 1. The van der Waals surface area contributed by atoms with Crippen molar-refractivity contribution in [2.24, 2.45) is 4.99 Å². The van der Waals surface area contributed by atoms with E-state index in [4.69, 9.17) is 4.74 Å². The maximum Gasteiger partial charge on any atom is 0.328 e. The van der Waals surface area contributed by atoms with Crippen molar-refractivity contribution in [3.8, 4) is 11.5 Å². The lowest BCUT2D eigenvalue weighted by molar-refractivity contribution is -0.448. The number of aromatic hydroxyl groups is 1. The molecule has 0 radical (unpaired) electrons. The topological polar surface area (TPSA) is 102 Å². The molecule has 0 saturated heterocycles. The highest BCUT2D eigenvalue weighted by atomic mass is 32.2. The molecule has 0 amide bonds. The minimum Gasteiger partial charge on any atom is -0.507 e. The molecule has 1 heterocycles. The van der Waals surface area contributed by atoms with Crippen molar-refractivity contribution >= 4 is 27.8 Å². The van der Waals surface area contributed by atoms with Crippen molar-refractivity contribution in [2.45, 2.75) is 17.7 Å². The maximum atomic E-state index is 12.5. The van der Waals surface area contributed by atoms with E-state index in [9.17, 15) is 13.5 Å². The normalized spacial score (nSPS) is 14.4. The van der Waals surface area contributed by atoms with Crippen molar-refractivity contribution in [2.75, 3.05) is 13.7 Å². The lowest BCUT2D eigenvalue weighted by Crippen LogP contribution is -2.72. The molecule has 1 aliphatic heterocycles. The highest BCUT2D eigenvalue weighted by Crippen LogP contribution is 2.23. The summed E-state index contributed by atoms with van der Waals surface area (Å²) in [7, 11) is -2.13. The second-order valence-corrected chi connectivity index (χ2v) is 7.48. The van der Waals surface area contributed by atoms with Gasteiger partial charge in [0.05, 0.1) is 25.8 Å². The second-order valence-electron chi connectivity index (χ2n) is 5.79. The number of phenolic OH excluding ortho intramolecular Hbond substituents is 1. The summed E-state index contributed by atoms with van der Waals surface area (Å²) in [6, 6.07) is 11.1. The monoisotopic (exact) mass is 374 g/mol. The maximum absolute atomic E-state index is 12.5. The first-order valence-corrected chi connectivity index (χ1v) is 9.60. The van der Waals surface area contributed by atoms with Crippen LogP contribution in [0.5, 0.6) is 11.5 Å². The minimum absolute atomic E-state index is 0.0590. The fourth-order valence-corrected chi connectivity index (χ4v) is 3.69. The van der Waals surface area contributed by atoms with E-state index in [1.165, 1.54) is 31.5 Å². The highest BCUT2D eigenvalue weighted by molar-refractivity contribution is 7.90. The Bertz CT molecular complexity index is 968. The fourth-order valence-electron chi connectivity index (χ4n) is 2.54.